The van der Waals surface area contributed by atoms with E-state index in [0.717, 1.165) is 11.1 Å². The second-order valence-corrected chi connectivity index (χ2v) is 7.69. The molecule has 0 radical (unpaired) electrons. The van der Waals surface area contributed by atoms with Crippen LogP contribution in [0.5, 0.6) is 0 Å². The molecule has 1 heterocycles. The van der Waals surface area contributed by atoms with Gasteiger partial charge < -0.3 is 15.0 Å². The van der Waals surface area contributed by atoms with Gasteiger partial charge in [-0.1, -0.05) is 42.5 Å². The smallest absolute Gasteiger partial charge is 0.251 e. The van der Waals surface area contributed by atoms with Gasteiger partial charge in [0, 0.05) is 25.3 Å². The monoisotopic (exact) mass is 384 g/mol. The van der Waals surface area contributed by atoms with Crippen LogP contribution in [0.3, 0.4) is 0 Å². The van der Waals surface area contributed by atoms with Crippen molar-refractivity contribution in [1.29, 1.82) is 0 Å². The second-order valence-electron chi connectivity index (χ2n) is 6.62. The lowest BCUT2D eigenvalue weighted by Gasteiger charge is -2.24. The average molecular weight is 385 g/mol. The summed E-state index contributed by atoms with van der Waals surface area (Å²) in [7, 11) is 1.61. The summed E-state index contributed by atoms with van der Waals surface area (Å²) in [5, 5.41) is 2.88. The maximum Gasteiger partial charge on any atom is 0.251 e. The van der Waals surface area contributed by atoms with Crippen LogP contribution in [0.25, 0.3) is 0 Å². The molecule has 2 aromatic carbocycles. The van der Waals surface area contributed by atoms with E-state index in [-0.39, 0.29) is 23.2 Å². The van der Waals surface area contributed by atoms with E-state index in [4.69, 9.17) is 4.74 Å². The molecule has 2 aromatic rings. The largest absolute Gasteiger partial charge is 0.383 e. The third-order valence-corrected chi connectivity index (χ3v) is 5.67. The lowest BCUT2D eigenvalue weighted by Crippen LogP contribution is -2.35. The van der Waals surface area contributed by atoms with Gasteiger partial charge in [-0.25, -0.2) is 0 Å². The highest BCUT2D eigenvalue weighted by molar-refractivity contribution is 8.00. The molecule has 2 amide bonds. The van der Waals surface area contributed by atoms with Crippen molar-refractivity contribution in [2.45, 2.75) is 24.9 Å². The first-order valence-electron chi connectivity index (χ1n) is 8.93. The number of benzene rings is 2. The van der Waals surface area contributed by atoms with E-state index in [0.29, 0.717) is 24.5 Å². The molecule has 2 atom stereocenters. The highest BCUT2D eigenvalue weighted by Gasteiger charge is 2.32. The van der Waals surface area contributed by atoms with Crippen LogP contribution < -0.4 is 5.32 Å². The van der Waals surface area contributed by atoms with Crippen molar-refractivity contribution in [1.82, 2.24) is 10.2 Å². The Hall–Kier alpha value is -2.31. The Morgan fingerprint density at radius 3 is 2.59 bits per heavy atom. The molecule has 27 heavy (non-hydrogen) atoms. The molecule has 5 nitrogen and oxygen atoms in total. The van der Waals surface area contributed by atoms with Crippen molar-refractivity contribution >= 4 is 23.6 Å². The van der Waals surface area contributed by atoms with Crippen LogP contribution in [-0.4, -0.2) is 42.2 Å². The Kier molecular flexibility index (Phi) is 6.53. The number of nitrogens with zero attached hydrogens (tertiary/aromatic N) is 1. The molecule has 0 bridgehead atoms. The fourth-order valence-corrected chi connectivity index (χ4v) is 4.27. The molecule has 142 valence electrons. The summed E-state index contributed by atoms with van der Waals surface area (Å²) in [5.41, 5.74) is 2.75. The Labute approximate surface area is 164 Å². The number of rotatable bonds is 7. The van der Waals surface area contributed by atoms with Crippen LogP contribution in [0.1, 0.15) is 33.8 Å². The molecule has 1 saturated heterocycles. The molecule has 1 N–H and O–H groups in total. The number of carbonyl (C=O) groups is 2. The Balaban J connectivity index is 1.70. The highest BCUT2D eigenvalue weighted by Crippen LogP contribution is 2.39. The predicted octanol–water partition coefficient (Wildman–Crippen LogP) is 3.23. The minimum atomic E-state index is -0.123. The van der Waals surface area contributed by atoms with Gasteiger partial charge in [-0.05, 0) is 30.2 Å². The van der Waals surface area contributed by atoms with Crippen molar-refractivity contribution in [2.24, 2.45) is 0 Å². The van der Waals surface area contributed by atoms with Gasteiger partial charge in [0.2, 0.25) is 5.91 Å². The van der Waals surface area contributed by atoms with E-state index in [2.05, 4.69) is 5.32 Å². The molecule has 6 heteroatoms. The fraction of sp³-hybridized carbons (Fsp3) is 0.333. The summed E-state index contributed by atoms with van der Waals surface area (Å²) in [6.45, 7) is 2.96. The molecule has 1 aliphatic heterocycles. The second kappa shape index (κ2) is 9.06. The first kappa shape index (κ1) is 19.5. The van der Waals surface area contributed by atoms with E-state index >= 15 is 0 Å². The summed E-state index contributed by atoms with van der Waals surface area (Å²) in [5.74, 6) is 0.500. The molecule has 0 saturated carbocycles. The Morgan fingerprint density at radius 2 is 1.93 bits per heavy atom. The fourth-order valence-electron chi connectivity index (χ4n) is 3.08. The molecule has 0 unspecified atom stereocenters. The lowest BCUT2D eigenvalue weighted by atomic mass is 10.1. The number of carbonyl (C=O) groups excluding carboxylic acids is 2. The van der Waals surface area contributed by atoms with Crippen molar-refractivity contribution < 1.29 is 14.3 Å². The van der Waals surface area contributed by atoms with Crippen LogP contribution in [0.2, 0.25) is 0 Å². The van der Waals surface area contributed by atoms with Gasteiger partial charge in [-0.2, -0.15) is 0 Å². The van der Waals surface area contributed by atoms with Crippen LogP contribution >= 0.6 is 11.8 Å². The maximum absolute atomic E-state index is 12.3. The van der Waals surface area contributed by atoms with Crippen molar-refractivity contribution in [3.63, 3.8) is 0 Å². The number of thioether (sulfide) groups is 1. The molecular formula is C21H24N2O3S. The normalized spacial score (nSPS) is 17.8. The molecule has 1 fully saturated rings. The van der Waals surface area contributed by atoms with Gasteiger partial charge in [0.1, 0.15) is 5.37 Å². The minimum Gasteiger partial charge on any atom is -0.383 e. The van der Waals surface area contributed by atoms with E-state index in [1.165, 1.54) is 0 Å². The zero-order valence-corrected chi connectivity index (χ0v) is 16.4. The Bertz CT molecular complexity index is 780. The van der Waals surface area contributed by atoms with Crippen LogP contribution in [0.4, 0.5) is 0 Å². The first-order chi connectivity index (χ1) is 13.1. The quantitative estimate of drug-likeness (QED) is 0.796. The molecule has 3 rings (SSSR count). The number of methoxy groups -OCH3 is 1. The molecule has 0 aromatic heterocycles. The van der Waals surface area contributed by atoms with E-state index in [1.807, 2.05) is 66.4 Å². The first-order valence-corrected chi connectivity index (χ1v) is 9.98. The lowest BCUT2D eigenvalue weighted by molar-refractivity contribution is -0.128. The van der Waals surface area contributed by atoms with Gasteiger partial charge in [-0.3, -0.25) is 9.59 Å². The molecule has 0 aliphatic carbocycles. The van der Waals surface area contributed by atoms with Crippen molar-refractivity contribution in [3.05, 3.63) is 71.3 Å². The zero-order chi connectivity index (χ0) is 19.2. The number of hydrogen-bond donors (Lipinski definition) is 1. The van der Waals surface area contributed by atoms with Crippen LogP contribution in [0, 0.1) is 0 Å². The topological polar surface area (TPSA) is 58.6 Å². The average Bonchev–Trinajstić information content (AvgIpc) is 3.03. The van der Waals surface area contributed by atoms with Gasteiger partial charge in [-0.15, -0.1) is 11.8 Å². The van der Waals surface area contributed by atoms with Gasteiger partial charge >= 0.3 is 0 Å². The maximum atomic E-state index is 12.3. The number of ether oxygens (including phenoxy) is 1. The highest BCUT2D eigenvalue weighted by atomic mass is 32.2. The summed E-state index contributed by atoms with van der Waals surface area (Å²) < 4.78 is 5.04. The third-order valence-electron chi connectivity index (χ3n) is 4.42. The van der Waals surface area contributed by atoms with Gasteiger partial charge in [0.15, 0.2) is 0 Å². The minimum absolute atomic E-state index is 0.0257. The summed E-state index contributed by atoms with van der Waals surface area (Å²) >= 11 is 1.62. The molecule has 1 aliphatic rings. The van der Waals surface area contributed by atoms with E-state index in [9.17, 15) is 9.59 Å². The summed E-state index contributed by atoms with van der Waals surface area (Å²) in [4.78, 5) is 26.5. The SMILES string of the molecule is COC[C@@H](C)NC(=O)c1ccc([C@@H]2SCC(=O)N2Cc2ccccc2)cc1. The van der Waals surface area contributed by atoms with Crippen LogP contribution in [0.15, 0.2) is 54.6 Å². The standard InChI is InChI=1S/C21H24N2O3S/c1-15(13-26-2)22-20(25)17-8-10-18(11-9-17)21-23(19(24)14-27-21)12-16-6-4-3-5-7-16/h3-11,15,21H,12-14H2,1-2H3,(H,22,25)/t15-,21+/m1/s1. The number of amides is 2. The summed E-state index contributed by atoms with van der Waals surface area (Å²) in [6.07, 6.45) is 0. The Morgan fingerprint density at radius 1 is 1.22 bits per heavy atom. The van der Waals surface area contributed by atoms with Gasteiger partial charge in [0.05, 0.1) is 12.4 Å². The van der Waals surface area contributed by atoms with E-state index in [1.54, 1.807) is 18.9 Å². The molecule has 0 spiro atoms. The third kappa shape index (κ3) is 4.90. The number of nitrogens with one attached hydrogen (secondary N) is 1. The van der Waals surface area contributed by atoms with Crippen LogP contribution in [-0.2, 0) is 16.1 Å². The van der Waals surface area contributed by atoms with Crippen molar-refractivity contribution in [3.8, 4) is 0 Å². The predicted molar refractivity (Wildman–Crippen MR) is 107 cm³/mol. The molecular weight excluding hydrogens is 360 g/mol. The zero-order valence-electron chi connectivity index (χ0n) is 15.6. The summed E-state index contributed by atoms with van der Waals surface area (Å²) in [6, 6.07) is 17.4. The van der Waals surface area contributed by atoms with Gasteiger partial charge in [0.25, 0.3) is 5.91 Å². The van der Waals surface area contributed by atoms with E-state index < -0.39 is 0 Å². The van der Waals surface area contributed by atoms with Crippen molar-refractivity contribution in [2.75, 3.05) is 19.5 Å². The number of hydrogen-bond acceptors (Lipinski definition) is 4.